The molecule has 2 rings (SSSR count). The summed E-state index contributed by atoms with van der Waals surface area (Å²) in [7, 11) is 0. The monoisotopic (exact) mass is 270 g/mol. The van der Waals surface area contributed by atoms with Crippen LogP contribution < -0.4 is 5.32 Å². The molecule has 100 valence electrons. The van der Waals surface area contributed by atoms with E-state index in [0.29, 0.717) is 17.1 Å². The van der Waals surface area contributed by atoms with Crippen LogP contribution in [0.5, 0.6) is 0 Å². The van der Waals surface area contributed by atoms with Crippen molar-refractivity contribution in [2.45, 2.75) is 32.4 Å². The predicted octanol–water partition coefficient (Wildman–Crippen LogP) is 3.05. The molecule has 1 heterocycles. The van der Waals surface area contributed by atoms with E-state index >= 15 is 0 Å². The van der Waals surface area contributed by atoms with Crippen LogP contribution in [0, 0.1) is 5.82 Å². The maximum Gasteiger partial charge on any atom is 0.127 e. The SMILES string of the molecule is CCC1(C)CNCCN1Cc1cc(Cl)ccc1F. The molecule has 1 aromatic rings. The zero-order valence-electron chi connectivity index (χ0n) is 11.0. The quantitative estimate of drug-likeness (QED) is 0.908. The summed E-state index contributed by atoms with van der Waals surface area (Å²) in [5, 5.41) is 4.00. The highest BCUT2D eigenvalue weighted by atomic mass is 35.5. The Balaban J connectivity index is 2.18. The van der Waals surface area contributed by atoms with Crippen molar-refractivity contribution < 1.29 is 4.39 Å². The van der Waals surface area contributed by atoms with Crippen molar-refractivity contribution in [2.24, 2.45) is 0 Å². The molecule has 0 saturated carbocycles. The Hall–Kier alpha value is -0.640. The highest BCUT2D eigenvalue weighted by Gasteiger charge is 2.32. The third-order valence-electron chi connectivity index (χ3n) is 3.96. The number of hydrogen-bond acceptors (Lipinski definition) is 2. The van der Waals surface area contributed by atoms with Crippen LogP contribution in [0.1, 0.15) is 25.8 Å². The van der Waals surface area contributed by atoms with Crippen LogP contribution in [0.4, 0.5) is 4.39 Å². The third kappa shape index (κ3) is 2.85. The molecule has 0 amide bonds. The predicted molar refractivity (Wildman–Crippen MR) is 73.4 cm³/mol. The molecule has 1 aliphatic rings. The largest absolute Gasteiger partial charge is 0.314 e. The van der Waals surface area contributed by atoms with Crippen LogP contribution in [-0.4, -0.2) is 30.1 Å². The second kappa shape index (κ2) is 5.55. The first-order valence-corrected chi connectivity index (χ1v) is 6.82. The average Bonchev–Trinajstić information content (AvgIpc) is 2.36. The minimum atomic E-state index is -0.170. The number of rotatable bonds is 3. The second-order valence-electron chi connectivity index (χ2n) is 5.18. The van der Waals surface area contributed by atoms with Gasteiger partial charge >= 0.3 is 0 Å². The molecule has 2 nitrogen and oxygen atoms in total. The van der Waals surface area contributed by atoms with E-state index < -0.39 is 0 Å². The summed E-state index contributed by atoms with van der Waals surface area (Å²) < 4.78 is 13.8. The van der Waals surface area contributed by atoms with Gasteiger partial charge in [-0.1, -0.05) is 18.5 Å². The molecular weight excluding hydrogens is 251 g/mol. The van der Waals surface area contributed by atoms with E-state index in [1.54, 1.807) is 12.1 Å². The smallest absolute Gasteiger partial charge is 0.127 e. The highest BCUT2D eigenvalue weighted by molar-refractivity contribution is 6.30. The van der Waals surface area contributed by atoms with Gasteiger partial charge in [0.05, 0.1) is 0 Å². The van der Waals surface area contributed by atoms with Gasteiger partial charge in [0.25, 0.3) is 0 Å². The fraction of sp³-hybridized carbons (Fsp3) is 0.571. The molecule has 0 spiro atoms. The van der Waals surface area contributed by atoms with Crippen molar-refractivity contribution in [1.82, 2.24) is 10.2 Å². The highest BCUT2D eigenvalue weighted by Crippen LogP contribution is 2.25. The standard InChI is InChI=1S/C14H20ClFN2/c1-3-14(2)10-17-6-7-18(14)9-11-8-12(15)4-5-13(11)16/h4-5,8,17H,3,6-7,9-10H2,1-2H3. The molecule has 0 bridgehead atoms. The molecule has 4 heteroatoms. The van der Waals surface area contributed by atoms with Gasteiger partial charge in [0.15, 0.2) is 0 Å². The van der Waals surface area contributed by atoms with Crippen molar-refractivity contribution >= 4 is 11.6 Å². The van der Waals surface area contributed by atoms with Crippen LogP contribution >= 0.6 is 11.6 Å². The van der Waals surface area contributed by atoms with E-state index in [1.807, 2.05) is 0 Å². The summed E-state index contributed by atoms with van der Waals surface area (Å²) in [5.74, 6) is -0.170. The summed E-state index contributed by atoms with van der Waals surface area (Å²) in [6.45, 7) is 7.87. The number of piperazine rings is 1. The molecule has 18 heavy (non-hydrogen) atoms. The number of hydrogen-bond donors (Lipinski definition) is 1. The van der Waals surface area contributed by atoms with E-state index in [0.717, 1.165) is 26.1 Å². The molecule has 1 N–H and O–H groups in total. The van der Waals surface area contributed by atoms with Crippen molar-refractivity contribution in [2.75, 3.05) is 19.6 Å². The van der Waals surface area contributed by atoms with E-state index in [1.165, 1.54) is 6.07 Å². The zero-order valence-corrected chi connectivity index (χ0v) is 11.7. The molecule has 1 fully saturated rings. The van der Waals surface area contributed by atoms with E-state index in [4.69, 9.17) is 11.6 Å². The molecule has 1 atom stereocenters. The zero-order chi connectivity index (χ0) is 13.2. The minimum Gasteiger partial charge on any atom is -0.314 e. The Morgan fingerprint density at radius 3 is 3.00 bits per heavy atom. The van der Waals surface area contributed by atoms with E-state index in [9.17, 15) is 4.39 Å². The molecule has 1 saturated heterocycles. The Morgan fingerprint density at radius 2 is 2.28 bits per heavy atom. The molecule has 0 aliphatic carbocycles. The normalized spacial score (nSPS) is 25.3. The van der Waals surface area contributed by atoms with Crippen LogP contribution in [0.25, 0.3) is 0 Å². The van der Waals surface area contributed by atoms with Crippen molar-refractivity contribution in [3.05, 3.63) is 34.6 Å². The Kier molecular flexibility index (Phi) is 4.25. The summed E-state index contributed by atoms with van der Waals surface area (Å²) in [4.78, 5) is 2.35. The van der Waals surface area contributed by atoms with Gasteiger partial charge in [0, 0.05) is 42.3 Å². The first kappa shape index (κ1) is 13.8. The van der Waals surface area contributed by atoms with Crippen LogP contribution in [0.3, 0.4) is 0 Å². The number of benzene rings is 1. The number of nitrogens with zero attached hydrogens (tertiary/aromatic N) is 1. The first-order valence-electron chi connectivity index (χ1n) is 6.45. The van der Waals surface area contributed by atoms with Gasteiger partial charge in [-0.15, -0.1) is 0 Å². The lowest BCUT2D eigenvalue weighted by atomic mass is 9.93. The Bertz CT molecular complexity index is 424. The second-order valence-corrected chi connectivity index (χ2v) is 5.62. The summed E-state index contributed by atoms with van der Waals surface area (Å²) in [6.07, 6.45) is 1.04. The number of nitrogens with one attached hydrogen (secondary N) is 1. The lowest BCUT2D eigenvalue weighted by molar-refractivity contribution is 0.0627. The van der Waals surface area contributed by atoms with Gasteiger partial charge in [0.1, 0.15) is 5.82 Å². The molecular formula is C14H20ClFN2. The van der Waals surface area contributed by atoms with Crippen LogP contribution in [0.2, 0.25) is 5.02 Å². The van der Waals surface area contributed by atoms with Crippen molar-refractivity contribution in [3.8, 4) is 0 Å². The van der Waals surface area contributed by atoms with Gasteiger partial charge < -0.3 is 5.32 Å². The van der Waals surface area contributed by atoms with Gasteiger partial charge in [-0.25, -0.2) is 4.39 Å². The molecule has 1 aliphatic heterocycles. The molecule has 1 unspecified atom stereocenters. The van der Waals surface area contributed by atoms with Crippen LogP contribution in [0.15, 0.2) is 18.2 Å². The minimum absolute atomic E-state index is 0.0903. The van der Waals surface area contributed by atoms with Gasteiger partial charge in [0.2, 0.25) is 0 Å². The summed E-state index contributed by atoms with van der Waals surface area (Å²) in [5.41, 5.74) is 0.775. The maximum absolute atomic E-state index is 13.8. The molecule has 0 aromatic heterocycles. The average molecular weight is 271 g/mol. The topological polar surface area (TPSA) is 15.3 Å². The van der Waals surface area contributed by atoms with Gasteiger partial charge in [-0.3, -0.25) is 4.90 Å². The Labute approximate surface area is 113 Å². The van der Waals surface area contributed by atoms with E-state index in [2.05, 4.69) is 24.1 Å². The van der Waals surface area contributed by atoms with Crippen molar-refractivity contribution in [3.63, 3.8) is 0 Å². The maximum atomic E-state index is 13.8. The fourth-order valence-corrected chi connectivity index (χ4v) is 2.64. The Morgan fingerprint density at radius 1 is 1.50 bits per heavy atom. The lowest BCUT2D eigenvalue weighted by Gasteiger charge is -2.45. The first-order chi connectivity index (χ1) is 8.55. The van der Waals surface area contributed by atoms with Gasteiger partial charge in [-0.05, 0) is 31.5 Å². The number of halogens is 2. The van der Waals surface area contributed by atoms with Gasteiger partial charge in [-0.2, -0.15) is 0 Å². The van der Waals surface area contributed by atoms with E-state index in [-0.39, 0.29) is 11.4 Å². The third-order valence-corrected chi connectivity index (χ3v) is 4.19. The molecule has 0 radical (unpaired) electrons. The fourth-order valence-electron chi connectivity index (χ4n) is 2.44. The van der Waals surface area contributed by atoms with Crippen LogP contribution in [-0.2, 0) is 6.54 Å². The lowest BCUT2D eigenvalue weighted by Crippen LogP contribution is -2.58. The molecule has 1 aromatic carbocycles. The summed E-state index contributed by atoms with van der Waals surface area (Å²) >= 11 is 5.94. The van der Waals surface area contributed by atoms with Crippen molar-refractivity contribution in [1.29, 1.82) is 0 Å². The summed E-state index contributed by atoms with van der Waals surface area (Å²) in [6, 6.07) is 4.77.